The molecule has 4 atom stereocenters. The molecule has 0 aliphatic carbocycles. The van der Waals surface area contributed by atoms with E-state index in [2.05, 4.69) is 9.97 Å². The third-order valence-corrected chi connectivity index (χ3v) is 4.50. The summed E-state index contributed by atoms with van der Waals surface area (Å²) < 4.78 is 44.6. The number of hydrogen-bond donors (Lipinski definition) is 3. The van der Waals surface area contributed by atoms with Crippen molar-refractivity contribution in [3.8, 4) is 10.6 Å². The topological polar surface area (TPSA) is 95.7 Å². The van der Waals surface area contributed by atoms with Crippen molar-refractivity contribution in [1.29, 1.82) is 0 Å². The molecular weight excluding hydrogens is 349 g/mol. The van der Waals surface area contributed by atoms with Crippen molar-refractivity contribution in [1.82, 2.24) is 9.97 Å². The summed E-state index contributed by atoms with van der Waals surface area (Å²) in [5, 5.41) is 30.5. The fraction of sp³-hybridized carbons (Fsp3) is 0.429. The molecule has 0 amide bonds. The summed E-state index contributed by atoms with van der Waals surface area (Å²) >= 11 is 1.20. The molecular formula is C14H13F3N2O4S. The number of hydrogen-bond acceptors (Lipinski definition) is 7. The van der Waals surface area contributed by atoms with E-state index in [0.29, 0.717) is 4.88 Å². The van der Waals surface area contributed by atoms with Gasteiger partial charge in [0.15, 0.2) is 5.82 Å². The second kappa shape index (κ2) is 6.37. The number of ether oxygens (including phenoxy) is 1. The molecule has 0 aromatic carbocycles. The summed E-state index contributed by atoms with van der Waals surface area (Å²) in [7, 11) is 0. The molecule has 3 rings (SSSR count). The van der Waals surface area contributed by atoms with E-state index in [0.717, 1.165) is 6.07 Å². The van der Waals surface area contributed by atoms with Crippen LogP contribution in [-0.2, 0) is 10.9 Å². The van der Waals surface area contributed by atoms with Crippen LogP contribution >= 0.6 is 11.3 Å². The lowest BCUT2D eigenvalue weighted by Gasteiger charge is -2.16. The lowest BCUT2D eigenvalue weighted by Crippen LogP contribution is -2.32. The second-order valence-electron chi connectivity index (χ2n) is 5.23. The molecule has 3 heterocycles. The van der Waals surface area contributed by atoms with Gasteiger partial charge in [0.25, 0.3) is 0 Å². The number of aromatic nitrogens is 2. The molecule has 10 heteroatoms. The highest BCUT2D eigenvalue weighted by Crippen LogP contribution is 2.36. The summed E-state index contributed by atoms with van der Waals surface area (Å²) in [5.74, 6) is -0.393. The van der Waals surface area contributed by atoms with Gasteiger partial charge in [0, 0.05) is 0 Å². The third kappa shape index (κ3) is 3.15. The van der Waals surface area contributed by atoms with Gasteiger partial charge in [0.05, 0.1) is 17.2 Å². The number of halogens is 3. The number of nitrogens with zero attached hydrogens (tertiary/aromatic N) is 2. The van der Waals surface area contributed by atoms with Crippen LogP contribution in [0.3, 0.4) is 0 Å². The quantitative estimate of drug-likeness (QED) is 0.764. The van der Waals surface area contributed by atoms with E-state index in [4.69, 9.17) is 9.84 Å². The highest BCUT2D eigenvalue weighted by molar-refractivity contribution is 7.13. The Labute approximate surface area is 138 Å². The van der Waals surface area contributed by atoms with Crippen molar-refractivity contribution in [2.75, 3.05) is 6.61 Å². The predicted octanol–water partition coefficient (Wildman–Crippen LogP) is 1.38. The van der Waals surface area contributed by atoms with Gasteiger partial charge in [-0.25, -0.2) is 9.97 Å². The Bertz CT molecular complexity index is 711. The molecule has 0 spiro atoms. The van der Waals surface area contributed by atoms with Crippen molar-refractivity contribution >= 4 is 11.3 Å². The molecule has 24 heavy (non-hydrogen) atoms. The van der Waals surface area contributed by atoms with Crippen LogP contribution < -0.4 is 0 Å². The largest absolute Gasteiger partial charge is 0.433 e. The summed E-state index contributed by atoms with van der Waals surface area (Å²) in [4.78, 5) is 7.98. The Kier molecular flexibility index (Phi) is 4.58. The van der Waals surface area contributed by atoms with Gasteiger partial charge in [-0.2, -0.15) is 13.2 Å². The van der Waals surface area contributed by atoms with Crippen molar-refractivity contribution in [2.45, 2.75) is 30.6 Å². The van der Waals surface area contributed by atoms with Crippen LogP contribution in [0.15, 0.2) is 23.6 Å². The minimum atomic E-state index is -4.71. The van der Waals surface area contributed by atoms with Crippen LogP contribution in [0, 0.1) is 0 Å². The minimum Gasteiger partial charge on any atom is -0.394 e. The van der Waals surface area contributed by atoms with Crippen LogP contribution in [0.1, 0.15) is 17.6 Å². The van der Waals surface area contributed by atoms with E-state index in [-0.39, 0.29) is 5.69 Å². The van der Waals surface area contributed by atoms with Gasteiger partial charge in [0.2, 0.25) is 0 Å². The van der Waals surface area contributed by atoms with Gasteiger partial charge in [-0.05, 0) is 17.5 Å². The number of alkyl halides is 3. The lowest BCUT2D eigenvalue weighted by atomic mass is 10.1. The van der Waals surface area contributed by atoms with Gasteiger partial charge in [-0.3, -0.25) is 0 Å². The first-order valence-electron chi connectivity index (χ1n) is 6.93. The van der Waals surface area contributed by atoms with E-state index in [1.54, 1.807) is 17.5 Å². The Hall–Kier alpha value is -1.59. The maximum atomic E-state index is 13.1. The van der Waals surface area contributed by atoms with E-state index >= 15 is 0 Å². The summed E-state index contributed by atoms with van der Waals surface area (Å²) in [6.07, 6.45) is -10.2. The molecule has 0 radical (unpaired) electrons. The zero-order chi connectivity index (χ0) is 17.5. The Morgan fingerprint density at radius 2 is 1.96 bits per heavy atom. The lowest BCUT2D eigenvalue weighted by molar-refractivity contribution is -0.141. The first-order chi connectivity index (χ1) is 11.3. The smallest absolute Gasteiger partial charge is 0.394 e. The van der Waals surface area contributed by atoms with Crippen molar-refractivity contribution in [2.24, 2.45) is 0 Å². The molecule has 1 saturated heterocycles. The number of aliphatic hydroxyl groups excluding tert-OH is 3. The van der Waals surface area contributed by atoms with Gasteiger partial charge in [-0.15, -0.1) is 11.3 Å². The number of rotatable bonds is 3. The average Bonchev–Trinajstić information content (AvgIpc) is 3.16. The van der Waals surface area contributed by atoms with Crippen molar-refractivity contribution < 1.29 is 33.2 Å². The summed E-state index contributed by atoms with van der Waals surface area (Å²) in [5.41, 5.74) is -1.13. The zero-order valence-electron chi connectivity index (χ0n) is 12.0. The van der Waals surface area contributed by atoms with E-state index in [9.17, 15) is 23.4 Å². The van der Waals surface area contributed by atoms with Crippen molar-refractivity contribution in [3.63, 3.8) is 0 Å². The van der Waals surface area contributed by atoms with E-state index < -0.39 is 48.7 Å². The molecule has 1 aliphatic heterocycles. The molecule has 0 unspecified atom stereocenters. The molecule has 2 aromatic rings. The monoisotopic (exact) mass is 362 g/mol. The fourth-order valence-corrected chi connectivity index (χ4v) is 3.09. The standard InChI is InChI=1S/C14H13F3N2O4S/c15-14(16,17)9-4-6(8-2-1-3-24-8)18-13(19-9)12-11(22)10(21)7(5-20)23-12/h1-4,7,10-12,20-22H,5H2/t7-,10-,11-,12-/m1/s1. The second-order valence-corrected chi connectivity index (χ2v) is 6.18. The van der Waals surface area contributed by atoms with E-state index in [1.807, 2.05) is 0 Å². The molecule has 2 aromatic heterocycles. The normalized spacial score (nSPS) is 27.6. The molecule has 0 saturated carbocycles. The Morgan fingerprint density at radius 1 is 1.21 bits per heavy atom. The van der Waals surface area contributed by atoms with Gasteiger partial charge < -0.3 is 20.1 Å². The zero-order valence-corrected chi connectivity index (χ0v) is 12.8. The summed E-state index contributed by atoms with van der Waals surface area (Å²) in [6, 6.07) is 4.09. The van der Waals surface area contributed by atoms with Crippen LogP contribution in [-0.4, -0.2) is 50.2 Å². The first kappa shape index (κ1) is 17.2. The maximum absolute atomic E-state index is 13.1. The molecule has 0 bridgehead atoms. The SMILES string of the molecule is OC[C@H]1O[C@@H](c2nc(-c3cccs3)cc(C(F)(F)F)n2)[C@H](O)[C@@H]1O. The number of aliphatic hydroxyl groups is 3. The number of thiophene rings is 1. The highest BCUT2D eigenvalue weighted by atomic mass is 32.1. The fourth-order valence-electron chi connectivity index (χ4n) is 2.40. The van der Waals surface area contributed by atoms with Gasteiger partial charge >= 0.3 is 6.18 Å². The third-order valence-electron chi connectivity index (χ3n) is 3.60. The highest BCUT2D eigenvalue weighted by Gasteiger charge is 2.45. The molecule has 3 N–H and O–H groups in total. The minimum absolute atomic E-state index is 0.0417. The van der Waals surface area contributed by atoms with Crippen molar-refractivity contribution in [3.05, 3.63) is 35.1 Å². The average molecular weight is 362 g/mol. The van der Waals surface area contributed by atoms with E-state index in [1.165, 1.54) is 11.3 Å². The van der Waals surface area contributed by atoms with Crippen LogP contribution in [0.5, 0.6) is 0 Å². The first-order valence-corrected chi connectivity index (χ1v) is 7.81. The van der Waals surface area contributed by atoms with Crippen LogP contribution in [0.25, 0.3) is 10.6 Å². The molecule has 6 nitrogen and oxygen atoms in total. The molecule has 1 fully saturated rings. The summed E-state index contributed by atoms with van der Waals surface area (Å²) in [6.45, 7) is -0.592. The maximum Gasteiger partial charge on any atom is 0.433 e. The van der Waals surface area contributed by atoms with Gasteiger partial charge in [0.1, 0.15) is 30.1 Å². The Morgan fingerprint density at radius 3 is 2.50 bits per heavy atom. The van der Waals surface area contributed by atoms with Crippen LogP contribution in [0.4, 0.5) is 13.2 Å². The van der Waals surface area contributed by atoms with Crippen LogP contribution in [0.2, 0.25) is 0 Å². The predicted molar refractivity (Wildman–Crippen MR) is 77.1 cm³/mol. The molecule has 1 aliphatic rings. The molecule has 130 valence electrons. The Balaban J connectivity index is 2.06. The van der Waals surface area contributed by atoms with Gasteiger partial charge in [-0.1, -0.05) is 6.07 Å².